The molecule has 0 aliphatic carbocycles. The van der Waals surface area contributed by atoms with Crippen LogP contribution in [0, 0.1) is 5.82 Å². The summed E-state index contributed by atoms with van der Waals surface area (Å²) in [5.41, 5.74) is 5.06. The van der Waals surface area contributed by atoms with Gasteiger partial charge in [-0.05, 0) is 68.4 Å². The van der Waals surface area contributed by atoms with Gasteiger partial charge in [0.2, 0.25) is 0 Å². The molecular weight excluding hydrogens is 303 g/mol. The van der Waals surface area contributed by atoms with Crippen LogP contribution in [-0.4, -0.2) is 33.7 Å². The Morgan fingerprint density at radius 2 is 1.83 bits per heavy atom. The summed E-state index contributed by atoms with van der Waals surface area (Å²) in [6.07, 6.45) is 5.87. The second kappa shape index (κ2) is 6.17. The Balaban J connectivity index is 1.88. The molecule has 0 bridgehead atoms. The number of benzene rings is 1. The highest BCUT2D eigenvalue weighted by Gasteiger charge is 2.29. The van der Waals surface area contributed by atoms with Gasteiger partial charge < -0.3 is 0 Å². The predicted molar refractivity (Wildman–Crippen MR) is 91.8 cm³/mol. The number of hydrogen-bond donors (Lipinski definition) is 1. The van der Waals surface area contributed by atoms with Gasteiger partial charge in [-0.25, -0.2) is 4.39 Å². The van der Waals surface area contributed by atoms with Crippen LogP contribution in [0.5, 0.6) is 0 Å². The topological polar surface area (TPSA) is 44.8 Å². The lowest BCUT2D eigenvalue weighted by atomic mass is 9.96. The molecule has 1 saturated heterocycles. The molecule has 1 aliphatic rings. The van der Waals surface area contributed by atoms with E-state index in [4.69, 9.17) is 0 Å². The molecule has 24 heavy (non-hydrogen) atoms. The number of aromatic amines is 1. The summed E-state index contributed by atoms with van der Waals surface area (Å²) in [6.45, 7) is 1.09. The van der Waals surface area contributed by atoms with Crippen LogP contribution in [0.15, 0.2) is 48.8 Å². The first-order chi connectivity index (χ1) is 11.7. The van der Waals surface area contributed by atoms with Crippen molar-refractivity contribution in [2.45, 2.75) is 18.9 Å². The highest BCUT2D eigenvalue weighted by Crippen LogP contribution is 2.40. The Morgan fingerprint density at radius 1 is 1.08 bits per heavy atom. The van der Waals surface area contributed by atoms with Gasteiger partial charge in [-0.3, -0.25) is 15.0 Å². The summed E-state index contributed by atoms with van der Waals surface area (Å²) in [7, 11) is 2.15. The van der Waals surface area contributed by atoms with Gasteiger partial charge in [-0.1, -0.05) is 0 Å². The maximum absolute atomic E-state index is 13.3. The van der Waals surface area contributed by atoms with Crippen LogP contribution < -0.4 is 0 Å². The fourth-order valence-corrected chi connectivity index (χ4v) is 3.50. The number of halogens is 1. The van der Waals surface area contributed by atoms with E-state index in [1.165, 1.54) is 18.6 Å². The van der Waals surface area contributed by atoms with Crippen molar-refractivity contribution >= 4 is 0 Å². The summed E-state index contributed by atoms with van der Waals surface area (Å²) < 4.78 is 13.3. The van der Waals surface area contributed by atoms with Crippen molar-refractivity contribution in [1.29, 1.82) is 0 Å². The molecule has 5 heteroatoms. The summed E-state index contributed by atoms with van der Waals surface area (Å²) in [5.74, 6) is -0.240. The number of nitrogens with zero attached hydrogens (tertiary/aromatic N) is 3. The van der Waals surface area contributed by atoms with Crippen molar-refractivity contribution in [2.24, 2.45) is 0 Å². The lowest BCUT2D eigenvalue weighted by Crippen LogP contribution is -2.18. The second-order valence-electron chi connectivity index (χ2n) is 6.24. The van der Waals surface area contributed by atoms with E-state index >= 15 is 0 Å². The fourth-order valence-electron chi connectivity index (χ4n) is 3.50. The molecule has 0 saturated carbocycles. The van der Waals surface area contributed by atoms with Crippen LogP contribution in [0.25, 0.3) is 22.4 Å². The molecule has 0 amide bonds. The molecular formula is C19H19FN4. The minimum Gasteiger partial charge on any atom is -0.298 e. The predicted octanol–water partition coefficient (Wildman–Crippen LogP) is 4.04. The third-order valence-corrected chi connectivity index (χ3v) is 4.73. The molecule has 0 radical (unpaired) electrons. The summed E-state index contributed by atoms with van der Waals surface area (Å²) in [5, 5.41) is 7.83. The molecule has 4 nitrogen and oxygen atoms in total. The Kier molecular flexibility index (Phi) is 3.86. The van der Waals surface area contributed by atoms with Gasteiger partial charge in [-0.15, -0.1) is 0 Å². The highest BCUT2D eigenvalue weighted by molar-refractivity contribution is 5.82. The molecule has 122 valence electrons. The van der Waals surface area contributed by atoms with Crippen molar-refractivity contribution in [1.82, 2.24) is 20.1 Å². The van der Waals surface area contributed by atoms with Gasteiger partial charge in [0.05, 0.1) is 11.7 Å². The maximum atomic E-state index is 13.3. The van der Waals surface area contributed by atoms with Gasteiger partial charge in [0.15, 0.2) is 0 Å². The van der Waals surface area contributed by atoms with Gasteiger partial charge in [0, 0.05) is 23.5 Å². The molecule has 1 fully saturated rings. The number of rotatable bonds is 3. The second-order valence-corrected chi connectivity index (χ2v) is 6.24. The van der Waals surface area contributed by atoms with Crippen molar-refractivity contribution in [3.05, 3.63) is 60.3 Å². The van der Waals surface area contributed by atoms with Crippen LogP contribution in [0.1, 0.15) is 24.6 Å². The number of likely N-dealkylation sites (tertiary alicyclic amines) is 1. The lowest BCUT2D eigenvalue weighted by molar-refractivity contribution is 0.312. The largest absolute Gasteiger partial charge is 0.298 e. The number of nitrogens with one attached hydrogen (secondary N) is 1. The van der Waals surface area contributed by atoms with Crippen molar-refractivity contribution < 1.29 is 4.39 Å². The minimum atomic E-state index is -0.240. The highest BCUT2D eigenvalue weighted by atomic mass is 19.1. The van der Waals surface area contributed by atoms with Crippen molar-refractivity contribution in [2.75, 3.05) is 13.6 Å². The molecule has 1 aromatic carbocycles. The molecule has 3 heterocycles. The monoisotopic (exact) mass is 322 g/mol. The van der Waals surface area contributed by atoms with Crippen LogP contribution in [0.4, 0.5) is 4.39 Å². The molecule has 1 unspecified atom stereocenters. The van der Waals surface area contributed by atoms with Crippen LogP contribution in [-0.2, 0) is 0 Å². The van der Waals surface area contributed by atoms with E-state index in [2.05, 4.69) is 27.1 Å². The van der Waals surface area contributed by atoms with Gasteiger partial charge in [0.1, 0.15) is 11.5 Å². The fraction of sp³-hybridized carbons (Fsp3) is 0.263. The average Bonchev–Trinajstić information content (AvgIpc) is 3.22. The average molecular weight is 322 g/mol. The molecule has 4 rings (SSSR count). The first-order valence-electron chi connectivity index (χ1n) is 8.19. The van der Waals surface area contributed by atoms with Crippen LogP contribution >= 0.6 is 0 Å². The molecule has 1 atom stereocenters. The number of pyridine rings is 1. The van der Waals surface area contributed by atoms with Crippen LogP contribution in [0.3, 0.4) is 0 Å². The lowest BCUT2D eigenvalue weighted by Gasteiger charge is -2.19. The molecule has 1 N–H and O–H groups in total. The number of aromatic nitrogens is 3. The van der Waals surface area contributed by atoms with Crippen LogP contribution in [0.2, 0.25) is 0 Å². The zero-order valence-electron chi connectivity index (χ0n) is 13.5. The minimum absolute atomic E-state index is 0.240. The normalized spacial score (nSPS) is 18.2. The zero-order chi connectivity index (χ0) is 16.5. The summed E-state index contributed by atoms with van der Waals surface area (Å²) in [4.78, 5) is 6.47. The van der Waals surface area contributed by atoms with E-state index < -0.39 is 0 Å². The Labute approximate surface area is 140 Å². The number of hydrogen-bond acceptors (Lipinski definition) is 3. The first kappa shape index (κ1) is 15.0. The molecule has 0 spiro atoms. The van der Waals surface area contributed by atoms with Crippen molar-refractivity contribution in [3.8, 4) is 22.4 Å². The Hall–Kier alpha value is -2.53. The summed E-state index contributed by atoms with van der Waals surface area (Å²) >= 11 is 0. The standard InChI is InChI=1S/C19H19FN4/c1-24-12-2-3-16(24)19-17(13-8-10-21-11-9-13)18(22-23-19)14-4-6-15(20)7-5-14/h4-11,16H,2-3,12H2,1H3,(H,22,23). The van der Waals surface area contributed by atoms with Gasteiger partial charge in [0.25, 0.3) is 0 Å². The SMILES string of the molecule is CN1CCCC1c1[nH]nc(-c2ccc(F)cc2)c1-c1ccncc1. The third kappa shape index (κ3) is 2.61. The quantitative estimate of drug-likeness (QED) is 0.791. The smallest absolute Gasteiger partial charge is 0.123 e. The van der Waals surface area contributed by atoms with Crippen molar-refractivity contribution in [3.63, 3.8) is 0 Å². The number of H-pyrrole nitrogens is 1. The molecule has 2 aromatic heterocycles. The first-order valence-corrected chi connectivity index (χ1v) is 8.19. The van der Waals surface area contributed by atoms with Gasteiger partial charge in [-0.2, -0.15) is 5.10 Å². The van der Waals surface area contributed by atoms with E-state index in [-0.39, 0.29) is 5.82 Å². The zero-order valence-corrected chi connectivity index (χ0v) is 13.5. The third-order valence-electron chi connectivity index (χ3n) is 4.73. The van der Waals surface area contributed by atoms with E-state index in [1.54, 1.807) is 24.5 Å². The van der Waals surface area contributed by atoms with E-state index in [1.807, 2.05) is 12.1 Å². The summed E-state index contributed by atoms with van der Waals surface area (Å²) in [6, 6.07) is 10.8. The Bertz CT molecular complexity index is 826. The van der Waals surface area contributed by atoms with Gasteiger partial charge >= 0.3 is 0 Å². The van der Waals surface area contributed by atoms with E-state index in [9.17, 15) is 4.39 Å². The Morgan fingerprint density at radius 3 is 2.50 bits per heavy atom. The maximum Gasteiger partial charge on any atom is 0.123 e. The van der Waals surface area contributed by atoms with E-state index in [0.717, 1.165) is 41.0 Å². The molecule has 1 aliphatic heterocycles. The van der Waals surface area contributed by atoms with E-state index in [0.29, 0.717) is 6.04 Å². The molecule has 3 aromatic rings.